The van der Waals surface area contributed by atoms with E-state index in [1.807, 2.05) is 0 Å². The number of nitrogens with zero attached hydrogens (tertiary/aromatic N) is 5. The fourth-order valence-corrected chi connectivity index (χ4v) is 3.96. The number of imidazole rings is 1. The molecule has 3 heterocycles. The Morgan fingerprint density at radius 3 is 2.73 bits per heavy atom. The van der Waals surface area contributed by atoms with Gasteiger partial charge in [-0.25, -0.2) is 18.6 Å². The number of aromatic nitrogens is 6. The Morgan fingerprint density at radius 1 is 1.14 bits per heavy atom. The van der Waals surface area contributed by atoms with Crippen molar-refractivity contribution in [1.29, 1.82) is 0 Å². The second-order valence-corrected chi connectivity index (χ2v) is 8.69. The molecule has 0 aliphatic heterocycles. The second kappa shape index (κ2) is 8.97. The Balaban J connectivity index is 1.41. The van der Waals surface area contributed by atoms with Gasteiger partial charge >= 0.3 is 5.69 Å². The molecule has 2 aromatic carbocycles. The maximum Gasteiger partial charge on any atom is 0.326 e. The van der Waals surface area contributed by atoms with Crippen molar-refractivity contribution in [1.82, 2.24) is 29.5 Å². The summed E-state index contributed by atoms with van der Waals surface area (Å²) >= 11 is 0. The molecule has 1 fully saturated rings. The predicted octanol–water partition coefficient (Wildman–Crippen LogP) is 2.01. The van der Waals surface area contributed by atoms with Crippen molar-refractivity contribution >= 4 is 17.7 Å². The third kappa shape index (κ3) is 4.68. The van der Waals surface area contributed by atoms with Gasteiger partial charge in [-0.3, -0.25) is 4.98 Å². The molecule has 0 atom stereocenters. The van der Waals surface area contributed by atoms with E-state index < -0.39 is 17.3 Å². The number of fused-ring (bicyclic) bond motifs is 1. The molecule has 0 spiro atoms. The second-order valence-electron chi connectivity index (χ2n) is 8.69. The molecule has 12 heteroatoms. The maximum absolute atomic E-state index is 14.1. The number of hydrogen-bond acceptors (Lipinski definition) is 7. The summed E-state index contributed by atoms with van der Waals surface area (Å²) < 4.78 is 29.4. The fraction of sp³-hybridized carbons (Fsp3) is 0.160. The molecule has 10 nitrogen and oxygen atoms in total. The van der Waals surface area contributed by atoms with Crippen LogP contribution < -0.4 is 21.8 Å². The van der Waals surface area contributed by atoms with Crippen molar-refractivity contribution in [2.24, 2.45) is 4.99 Å². The van der Waals surface area contributed by atoms with Gasteiger partial charge in [0.15, 0.2) is 5.65 Å². The van der Waals surface area contributed by atoms with Gasteiger partial charge in [-0.2, -0.15) is 19.6 Å². The monoisotopic (exact) mass is 502 g/mol. The van der Waals surface area contributed by atoms with Crippen LogP contribution in [0.3, 0.4) is 0 Å². The maximum atomic E-state index is 14.1. The molecule has 186 valence electrons. The zero-order chi connectivity index (χ0) is 25.5. The van der Waals surface area contributed by atoms with Crippen LogP contribution in [0.2, 0.25) is 0 Å². The number of anilines is 1. The molecule has 6 rings (SSSR count). The van der Waals surface area contributed by atoms with Crippen LogP contribution in [0.1, 0.15) is 24.1 Å². The van der Waals surface area contributed by atoms with E-state index in [2.05, 4.69) is 35.3 Å². The molecule has 1 aliphatic rings. The van der Waals surface area contributed by atoms with Gasteiger partial charge in [-0.15, -0.1) is 0 Å². The van der Waals surface area contributed by atoms with Gasteiger partial charge in [0.05, 0.1) is 12.2 Å². The molecule has 4 N–H and O–H groups in total. The Kier molecular flexibility index (Phi) is 5.48. The zero-order valence-electron chi connectivity index (χ0n) is 19.2. The van der Waals surface area contributed by atoms with E-state index in [1.165, 1.54) is 41.1 Å². The van der Waals surface area contributed by atoms with Crippen LogP contribution in [0, 0.1) is 11.6 Å². The van der Waals surface area contributed by atoms with Crippen molar-refractivity contribution in [2.45, 2.75) is 25.4 Å². The topological polar surface area (TPSA) is 136 Å². The van der Waals surface area contributed by atoms with Crippen molar-refractivity contribution in [3.8, 4) is 17.0 Å². The molecule has 0 radical (unpaired) electrons. The lowest BCUT2D eigenvalue weighted by molar-refractivity contribution is 0.454. The van der Waals surface area contributed by atoms with Crippen LogP contribution >= 0.6 is 0 Å². The van der Waals surface area contributed by atoms with Crippen LogP contribution in [0.15, 0.2) is 58.4 Å². The normalized spacial score (nSPS) is 14.5. The number of aromatic amines is 2. The molecule has 0 bridgehead atoms. The van der Waals surface area contributed by atoms with E-state index in [9.17, 15) is 18.7 Å². The summed E-state index contributed by atoms with van der Waals surface area (Å²) in [6.07, 6.45) is 4.99. The first-order chi connectivity index (χ1) is 17.9. The highest BCUT2D eigenvalue weighted by atomic mass is 19.1. The first-order valence-electron chi connectivity index (χ1n) is 11.5. The van der Waals surface area contributed by atoms with Crippen LogP contribution in [-0.4, -0.2) is 40.7 Å². The van der Waals surface area contributed by atoms with Crippen molar-refractivity contribution in [2.75, 3.05) is 5.32 Å². The van der Waals surface area contributed by atoms with E-state index in [0.717, 1.165) is 12.8 Å². The number of halogens is 2. The van der Waals surface area contributed by atoms with Crippen molar-refractivity contribution < 1.29 is 13.9 Å². The third-order valence-corrected chi connectivity index (χ3v) is 5.90. The van der Waals surface area contributed by atoms with Gasteiger partial charge in [0.1, 0.15) is 17.3 Å². The smallest absolute Gasteiger partial charge is 0.326 e. The van der Waals surface area contributed by atoms with Crippen molar-refractivity contribution in [3.05, 3.63) is 92.9 Å². The Morgan fingerprint density at radius 2 is 1.97 bits per heavy atom. The lowest BCUT2D eigenvalue weighted by atomic mass is 9.99. The largest absolute Gasteiger partial charge is 0.493 e. The van der Waals surface area contributed by atoms with Gasteiger partial charge in [0, 0.05) is 11.8 Å². The first kappa shape index (κ1) is 22.6. The highest BCUT2D eigenvalue weighted by molar-refractivity contribution is 5.68. The molecular weight excluding hydrogens is 482 g/mol. The van der Waals surface area contributed by atoms with Gasteiger partial charge in [-0.1, -0.05) is 18.2 Å². The molecule has 5 aromatic rings. The number of hydrogen-bond donors (Lipinski definition) is 4. The SMILES string of the molecule is O=c1[nH]c(O)c(C=c2cnn3c(=NC4CC4)nc(NCc4ccc(F)cc4-c4cccc(F)c4)nc23)[nH]1. The quantitative estimate of drug-likeness (QED) is 0.281. The Labute approximate surface area is 207 Å². The molecule has 3 aromatic heterocycles. The molecule has 1 saturated carbocycles. The van der Waals surface area contributed by atoms with Crippen LogP contribution in [0.5, 0.6) is 5.88 Å². The highest BCUT2D eigenvalue weighted by Gasteiger charge is 2.21. The molecule has 0 unspecified atom stereocenters. The minimum absolute atomic E-state index is 0.157. The minimum Gasteiger partial charge on any atom is -0.493 e. The summed E-state index contributed by atoms with van der Waals surface area (Å²) in [6.45, 7) is 0.226. The fourth-order valence-electron chi connectivity index (χ4n) is 3.96. The summed E-state index contributed by atoms with van der Waals surface area (Å²) in [5, 5.41) is 18.0. The van der Waals surface area contributed by atoms with E-state index in [4.69, 9.17) is 0 Å². The standard InChI is InChI=1S/C25H20F2N8O2/c26-16-3-1-2-13(8-16)19-10-17(27)5-4-14(19)11-28-23-32-21-15(9-20-22(36)33-25(37)31-20)12-29-35(21)24(34-23)30-18-6-7-18/h1-5,8-10,12,18,36H,6-7,11H2,(H,28,30,34)(H2,31,33,37). The van der Waals surface area contributed by atoms with Crippen LogP contribution in [0.25, 0.3) is 22.9 Å². The minimum atomic E-state index is -0.546. The average Bonchev–Trinajstić information content (AvgIpc) is 3.51. The lowest BCUT2D eigenvalue weighted by Crippen LogP contribution is -2.24. The number of nitrogens with one attached hydrogen (secondary N) is 3. The molecule has 0 amide bonds. The number of H-pyrrole nitrogens is 2. The summed E-state index contributed by atoms with van der Waals surface area (Å²) in [7, 11) is 0. The summed E-state index contributed by atoms with van der Waals surface area (Å²) in [6, 6.07) is 10.4. The third-order valence-electron chi connectivity index (χ3n) is 5.90. The van der Waals surface area contributed by atoms with Gasteiger partial charge < -0.3 is 15.4 Å². The molecular formula is C25H20F2N8O2. The summed E-state index contributed by atoms with van der Waals surface area (Å²) in [4.78, 5) is 30.0. The predicted molar refractivity (Wildman–Crippen MR) is 130 cm³/mol. The summed E-state index contributed by atoms with van der Waals surface area (Å²) in [5.74, 6) is -0.902. The highest BCUT2D eigenvalue weighted by Crippen LogP contribution is 2.26. The van der Waals surface area contributed by atoms with Gasteiger partial charge in [0.25, 0.3) is 5.62 Å². The number of rotatable bonds is 6. The van der Waals surface area contributed by atoms with Gasteiger partial charge in [0.2, 0.25) is 11.8 Å². The molecule has 0 saturated heterocycles. The van der Waals surface area contributed by atoms with Gasteiger partial charge in [-0.05, 0) is 59.9 Å². The zero-order valence-corrected chi connectivity index (χ0v) is 19.2. The summed E-state index contributed by atoms with van der Waals surface area (Å²) in [5.41, 5.74) is 2.20. The Bertz CT molecular complexity index is 1820. The Hall–Kier alpha value is -4.87. The van der Waals surface area contributed by atoms with E-state index in [0.29, 0.717) is 33.2 Å². The van der Waals surface area contributed by atoms with Crippen LogP contribution in [0.4, 0.5) is 14.7 Å². The van der Waals surface area contributed by atoms with E-state index in [-0.39, 0.29) is 30.1 Å². The van der Waals surface area contributed by atoms with E-state index in [1.54, 1.807) is 18.2 Å². The molecule has 1 aliphatic carbocycles. The van der Waals surface area contributed by atoms with Crippen molar-refractivity contribution in [3.63, 3.8) is 0 Å². The van der Waals surface area contributed by atoms with Crippen LogP contribution in [-0.2, 0) is 6.54 Å². The number of aromatic hydroxyl groups is 1. The molecule has 37 heavy (non-hydrogen) atoms. The average molecular weight is 502 g/mol. The number of benzene rings is 2. The van der Waals surface area contributed by atoms with E-state index >= 15 is 0 Å². The first-order valence-corrected chi connectivity index (χ1v) is 11.5. The lowest BCUT2D eigenvalue weighted by Gasteiger charge is -2.12.